The first-order valence-electron chi connectivity index (χ1n) is 10.2. The summed E-state index contributed by atoms with van der Waals surface area (Å²) in [7, 11) is 0. The van der Waals surface area contributed by atoms with Gasteiger partial charge in [0.25, 0.3) is 5.56 Å². The summed E-state index contributed by atoms with van der Waals surface area (Å²) < 4.78 is 12.4. The number of rotatable bonds is 7. The molecule has 3 aromatic rings. The van der Waals surface area contributed by atoms with E-state index in [9.17, 15) is 9.59 Å². The zero-order valence-electron chi connectivity index (χ0n) is 17.8. The molecule has 0 aliphatic carbocycles. The number of para-hydroxylation sites is 1. The number of nitrogens with zero attached hydrogens (tertiary/aromatic N) is 2. The molecule has 0 saturated carbocycles. The number of ether oxygens (including phenoxy) is 2. The van der Waals surface area contributed by atoms with Crippen molar-refractivity contribution in [1.29, 1.82) is 0 Å². The van der Waals surface area contributed by atoms with Crippen molar-refractivity contribution in [3.63, 3.8) is 0 Å². The standard InChI is InChI=1S/C23H25N3O4S/c1-14(2)12-26-22(28)17-6-4-5-7-18(17)25-23(26)31-15(3)21(27)24-11-16-8-9-19-20(10-16)30-13-29-19/h4-10,14-15H,11-13H2,1-3H3,(H,24,27)/t15-/m0/s1. The van der Waals surface area contributed by atoms with Crippen LogP contribution < -0.4 is 20.3 Å². The molecule has 0 radical (unpaired) electrons. The lowest BCUT2D eigenvalue weighted by Gasteiger charge is -2.17. The Hall–Kier alpha value is -3.00. The second-order valence-corrected chi connectivity index (χ2v) is 9.19. The van der Waals surface area contributed by atoms with Gasteiger partial charge in [-0.05, 0) is 42.7 Å². The van der Waals surface area contributed by atoms with Crippen LogP contribution in [0.3, 0.4) is 0 Å². The van der Waals surface area contributed by atoms with Crippen LogP contribution in [0.15, 0.2) is 52.4 Å². The van der Waals surface area contributed by atoms with E-state index in [1.54, 1.807) is 10.6 Å². The number of benzene rings is 2. The molecule has 0 spiro atoms. The second-order valence-electron chi connectivity index (χ2n) is 7.89. The smallest absolute Gasteiger partial charge is 0.262 e. The summed E-state index contributed by atoms with van der Waals surface area (Å²) in [6.07, 6.45) is 0. The van der Waals surface area contributed by atoms with Gasteiger partial charge in [0.15, 0.2) is 16.7 Å². The second kappa shape index (κ2) is 9.01. The third kappa shape index (κ3) is 4.69. The van der Waals surface area contributed by atoms with Crippen LogP contribution >= 0.6 is 11.8 Å². The Morgan fingerprint density at radius 3 is 2.74 bits per heavy atom. The van der Waals surface area contributed by atoms with Gasteiger partial charge in [0.05, 0.1) is 16.2 Å². The molecule has 8 heteroatoms. The number of fused-ring (bicyclic) bond motifs is 2. The van der Waals surface area contributed by atoms with Crippen LogP contribution in [0.1, 0.15) is 26.3 Å². The number of carbonyl (C=O) groups excluding carboxylic acids is 1. The average molecular weight is 440 g/mol. The lowest BCUT2D eigenvalue weighted by Crippen LogP contribution is -2.32. The highest BCUT2D eigenvalue weighted by Crippen LogP contribution is 2.32. The molecule has 4 rings (SSSR count). The Balaban J connectivity index is 1.49. The van der Waals surface area contributed by atoms with Crippen LogP contribution in [0.25, 0.3) is 10.9 Å². The molecule has 2 aromatic carbocycles. The van der Waals surface area contributed by atoms with Crippen LogP contribution in [-0.2, 0) is 17.9 Å². The fourth-order valence-corrected chi connectivity index (χ4v) is 4.30. The summed E-state index contributed by atoms with van der Waals surface area (Å²) in [5, 5.41) is 3.68. The van der Waals surface area contributed by atoms with Gasteiger partial charge in [-0.2, -0.15) is 0 Å². The first kappa shape index (κ1) is 21.2. The Morgan fingerprint density at radius 1 is 1.16 bits per heavy atom. The van der Waals surface area contributed by atoms with Gasteiger partial charge in [-0.15, -0.1) is 0 Å². The lowest BCUT2D eigenvalue weighted by molar-refractivity contribution is -0.120. The van der Waals surface area contributed by atoms with Gasteiger partial charge in [-0.1, -0.05) is 43.8 Å². The molecule has 1 aliphatic heterocycles. The molecule has 0 saturated heterocycles. The van der Waals surface area contributed by atoms with Crippen molar-refractivity contribution in [3.8, 4) is 11.5 Å². The molecular formula is C23H25N3O4S. The van der Waals surface area contributed by atoms with Crippen LogP contribution in [0.2, 0.25) is 0 Å². The zero-order valence-corrected chi connectivity index (χ0v) is 18.6. The summed E-state index contributed by atoms with van der Waals surface area (Å²) in [6.45, 7) is 7.07. The van der Waals surface area contributed by atoms with Crippen LogP contribution in [0.4, 0.5) is 0 Å². The number of amides is 1. The van der Waals surface area contributed by atoms with Gasteiger partial charge in [-0.25, -0.2) is 4.98 Å². The molecule has 0 fully saturated rings. The predicted octanol–water partition coefficient (Wildman–Crippen LogP) is 3.58. The Labute approximate surface area is 184 Å². The molecule has 31 heavy (non-hydrogen) atoms. The van der Waals surface area contributed by atoms with E-state index in [0.29, 0.717) is 40.6 Å². The van der Waals surface area contributed by atoms with E-state index in [-0.39, 0.29) is 24.2 Å². The summed E-state index contributed by atoms with van der Waals surface area (Å²) in [5.41, 5.74) is 1.49. The van der Waals surface area contributed by atoms with Crippen molar-refractivity contribution in [3.05, 3.63) is 58.4 Å². The molecule has 7 nitrogen and oxygen atoms in total. The normalized spacial score (nSPS) is 13.5. The zero-order chi connectivity index (χ0) is 22.0. The highest BCUT2D eigenvalue weighted by molar-refractivity contribution is 8.00. The third-order valence-corrected chi connectivity index (χ3v) is 6.02. The van der Waals surface area contributed by atoms with E-state index in [1.165, 1.54) is 11.8 Å². The molecule has 1 N–H and O–H groups in total. The SMILES string of the molecule is CC(C)Cn1c(S[C@@H](C)C(=O)NCc2ccc3c(c2)OCO3)nc2ccccc2c1=O. The maximum Gasteiger partial charge on any atom is 0.262 e. The average Bonchev–Trinajstić information content (AvgIpc) is 3.22. The molecule has 2 heterocycles. The lowest BCUT2D eigenvalue weighted by atomic mass is 10.2. The van der Waals surface area contributed by atoms with Crippen molar-refractivity contribution >= 4 is 28.6 Å². The molecule has 1 aromatic heterocycles. The highest BCUT2D eigenvalue weighted by Gasteiger charge is 2.20. The summed E-state index contributed by atoms with van der Waals surface area (Å²) in [5.74, 6) is 1.55. The van der Waals surface area contributed by atoms with Gasteiger partial charge in [0, 0.05) is 13.1 Å². The number of hydrogen-bond acceptors (Lipinski definition) is 6. The number of nitrogens with one attached hydrogen (secondary N) is 1. The number of thioether (sulfide) groups is 1. The van der Waals surface area contributed by atoms with Crippen molar-refractivity contribution in [1.82, 2.24) is 14.9 Å². The van der Waals surface area contributed by atoms with E-state index in [4.69, 9.17) is 9.47 Å². The topological polar surface area (TPSA) is 82.5 Å². The molecule has 0 bridgehead atoms. The predicted molar refractivity (Wildman–Crippen MR) is 121 cm³/mol. The van der Waals surface area contributed by atoms with Crippen LogP contribution in [0.5, 0.6) is 11.5 Å². The minimum absolute atomic E-state index is 0.0743. The highest BCUT2D eigenvalue weighted by atomic mass is 32.2. The van der Waals surface area contributed by atoms with E-state index >= 15 is 0 Å². The monoisotopic (exact) mass is 439 g/mol. The minimum Gasteiger partial charge on any atom is -0.454 e. The molecular weight excluding hydrogens is 414 g/mol. The summed E-state index contributed by atoms with van der Waals surface area (Å²) in [6, 6.07) is 12.9. The Morgan fingerprint density at radius 2 is 1.94 bits per heavy atom. The molecule has 1 amide bonds. The Bertz CT molecular complexity index is 1180. The number of aromatic nitrogens is 2. The maximum absolute atomic E-state index is 13.0. The molecule has 0 unspecified atom stereocenters. The summed E-state index contributed by atoms with van der Waals surface area (Å²) in [4.78, 5) is 30.4. The van der Waals surface area contributed by atoms with E-state index in [2.05, 4.69) is 24.1 Å². The largest absolute Gasteiger partial charge is 0.454 e. The molecule has 1 aliphatic rings. The third-order valence-electron chi connectivity index (χ3n) is 4.93. The van der Waals surface area contributed by atoms with E-state index in [0.717, 1.165) is 5.56 Å². The minimum atomic E-state index is -0.416. The van der Waals surface area contributed by atoms with Crippen molar-refractivity contribution < 1.29 is 14.3 Å². The van der Waals surface area contributed by atoms with Crippen LogP contribution in [0, 0.1) is 5.92 Å². The first-order valence-corrected chi connectivity index (χ1v) is 11.1. The van der Waals surface area contributed by atoms with Crippen molar-refractivity contribution in [2.45, 2.75) is 44.3 Å². The van der Waals surface area contributed by atoms with Gasteiger partial charge in [0.1, 0.15) is 0 Å². The van der Waals surface area contributed by atoms with E-state index in [1.807, 2.05) is 43.3 Å². The molecule has 162 valence electrons. The van der Waals surface area contributed by atoms with Gasteiger partial charge in [0.2, 0.25) is 12.7 Å². The van der Waals surface area contributed by atoms with Gasteiger partial charge < -0.3 is 14.8 Å². The maximum atomic E-state index is 13.0. The summed E-state index contributed by atoms with van der Waals surface area (Å²) >= 11 is 1.30. The molecule has 1 atom stereocenters. The number of hydrogen-bond donors (Lipinski definition) is 1. The Kier molecular flexibility index (Phi) is 6.18. The van der Waals surface area contributed by atoms with Crippen molar-refractivity contribution in [2.75, 3.05) is 6.79 Å². The van der Waals surface area contributed by atoms with Gasteiger partial charge >= 0.3 is 0 Å². The fourth-order valence-electron chi connectivity index (χ4n) is 3.36. The number of carbonyl (C=O) groups is 1. The van der Waals surface area contributed by atoms with E-state index < -0.39 is 5.25 Å². The van der Waals surface area contributed by atoms with Gasteiger partial charge in [-0.3, -0.25) is 14.2 Å². The quantitative estimate of drug-likeness (QED) is 0.448. The van der Waals surface area contributed by atoms with Crippen molar-refractivity contribution in [2.24, 2.45) is 5.92 Å². The first-order chi connectivity index (χ1) is 14.9. The van der Waals surface area contributed by atoms with Crippen LogP contribution in [-0.4, -0.2) is 27.5 Å². The fraction of sp³-hybridized carbons (Fsp3) is 0.348.